The lowest BCUT2D eigenvalue weighted by Gasteiger charge is -2.23. The van der Waals surface area contributed by atoms with Crippen molar-refractivity contribution >= 4 is 24.8 Å². The zero-order chi connectivity index (χ0) is 18.1. The van der Waals surface area contributed by atoms with Crippen LogP contribution in [0, 0.1) is 0 Å². The Morgan fingerprint density at radius 3 is 1.96 bits per heavy atom. The van der Waals surface area contributed by atoms with Gasteiger partial charge in [0.1, 0.15) is 11.2 Å². The number of rotatable bonds is 7. The third-order valence-corrected chi connectivity index (χ3v) is 3.03. The molecule has 0 fully saturated rings. The Hall–Kier alpha value is -1.11. The highest BCUT2D eigenvalue weighted by Gasteiger charge is 2.19. The number of thiol groups is 1. The summed E-state index contributed by atoms with van der Waals surface area (Å²) >= 11 is 4.25. The largest absolute Gasteiger partial charge is 0.444 e. The summed E-state index contributed by atoms with van der Waals surface area (Å²) < 4.78 is 10.4. The van der Waals surface area contributed by atoms with E-state index in [1.54, 1.807) is 0 Å². The molecule has 2 N–H and O–H groups in total. The Morgan fingerprint density at radius 1 is 0.957 bits per heavy atom. The van der Waals surface area contributed by atoms with Crippen LogP contribution in [-0.4, -0.2) is 41.7 Å². The van der Waals surface area contributed by atoms with Crippen molar-refractivity contribution in [2.45, 2.75) is 78.0 Å². The van der Waals surface area contributed by atoms with Crippen LogP contribution >= 0.6 is 12.6 Å². The van der Waals surface area contributed by atoms with Crippen LogP contribution in [-0.2, 0) is 9.47 Å². The highest BCUT2D eigenvalue weighted by Crippen LogP contribution is 2.09. The number of amides is 2. The van der Waals surface area contributed by atoms with Gasteiger partial charge in [0.05, 0.1) is 0 Å². The number of carbonyl (C=O) groups is 2. The molecule has 0 radical (unpaired) electrons. The standard InChI is InChI=1S/C16H32N2O4S/c1-15(2,3)21-13(19)17-10-8-7-9-12(11-23)18-14(20)22-16(4,5)6/h12,23H,7-11H2,1-6H3,(H,17,19)(H,18,20)/t12-/m1/s1. The first kappa shape index (κ1) is 21.9. The van der Waals surface area contributed by atoms with Crippen LogP contribution in [0.4, 0.5) is 9.59 Å². The number of nitrogens with one attached hydrogen (secondary N) is 2. The first-order valence-corrected chi connectivity index (χ1v) is 8.63. The SMILES string of the molecule is CC(C)(C)OC(=O)NCCCC[C@H](CS)NC(=O)OC(C)(C)C. The van der Waals surface area contributed by atoms with E-state index in [0.29, 0.717) is 12.3 Å². The summed E-state index contributed by atoms with van der Waals surface area (Å²) in [7, 11) is 0. The molecule has 7 heteroatoms. The molecule has 0 aliphatic heterocycles. The van der Waals surface area contributed by atoms with Gasteiger partial charge in [0.25, 0.3) is 0 Å². The van der Waals surface area contributed by atoms with Crippen LogP contribution in [0.1, 0.15) is 60.8 Å². The smallest absolute Gasteiger partial charge is 0.407 e. The molecular formula is C16H32N2O4S. The normalized spacial score (nSPS) is 13.2. The van der Waals surface area contributed by atoms with Gasteiger partial charge in [-0.3, -0.25) is 0 Å². The second-order valence-corrected chi connectivity index (χ2v) is 7.82. The van der Waals surface area contributed by atoms with Gasteiger partial charge in [0.15, 0.2) is 0 Å². The molecule has 0 aliphatic carbocycles. The fraction of sp³-hybridized carbons (Fsp3) is 0.875. The number of alkyl carbamates (subject to hydrolysis) is 2. The van der Waals surface area contributed by atoms with Crippen LogP contribution < -0.4 is 10.6 Å². The van der Waals surface area contributed by atoms with Gasteiger partial charge in [-0.2, -0.15) is 12.6 Å². The molecule has 0 heterocycles. The molecule has 23 heavy (non-hydrogen) atoms. The number of unbranched alkanes of at least 4 members (excludes halogenated alkanes) is 1. The third kappa shape index (κ3) is 14.2. The summed E-state index contributed by atoms with van der Waals surface area (Å²) in [5.74, 6) is 0.540. The van der Waals surface area contributed by atoms with Crippen molar-refractivity contribution in [2.24, 2.45) is 0 Å². The Balaban J connectivity index is 3.88. The molecule has 6 nitrogen and oxygen atoms in total. The highest BCUT2D eigenvalue weighted by atomic mass is 32.1. The van der Waals surface area contributed by atoms with Crippen LogP contribution in [0.25, 0.3) is 0 Å². The monoisotopic (exact) mass is 348 g/mol. The number of hydrogen-bond acceptors (Lipinski definition) is 5. The lowest BCUT2D eigenvalue weighted by Crippen LogP contribution is -2.40. The van der Waals surface area contributed by atoms with Crippen LogP contribution in [0.5, 0.6) is 0 Å². The minimum atomic E-state index is -0.511. The van der Waals surface area contributed by atoms with E-state index < -0.39 is 23.4 Å². The van der Waals surface area contributed by atoms with Gasteiger partial charge in [-0.25, -0.2) is 9.59 Å². The summed E-state index contributed by atoms with van der Waals surface area (Å²) in [6.45, 7) is 11.5. The van der Waals surface area contributed by atoms with Gasteiger partial charge in [-0.05, 0) is 60.8 Å². The van der Waals surface area contributed by atoms with Crippen LogP contribution in [0.15, 0.2) is 0 Å². The fourth-order valence-electron chi connectivity index (χ4n) is 1.70. The zero-order valence-electron chi connectivity index (χ0n) is 15.2. The lowest BCUT2D eigenvalue weighted by atomic mass is 10.1. The first-order valence-electron chi connectivity index (χ1n) is 8.00. The van der Waals surface area contributed by atoms with Crippen molar-refractivity contribution in [3.63, 3.8) is 0 Å². The minimum Gasteiger partial charge on any atom is -0.444 e. The van der Waals surface area contributed by atoms with E-state index in [-0.39, 0.29) is 6.04 Å². The van der Waals surface area contributed by atoms with Crippen molar-refractivity contribution in [3.8, 4) is 0 Å². The molecule has 0 aromatic heterocycles. The molecule has 0 aliphatic rings. The van der Waals surface area contributed by atoms with Crippen molar-refractivity contribution in [1.29, 1.82) is 0 Å². The Kier molecular flexibility index (Phi) is 9.42. The van der Waals surface area contributed by atoms with Crippen molar-refractivity contribution < 1.29 is 19.1 Å². The molecule has 2 amide bonds. The van der Waals surface area contributed by atoms with E-state index in [2.05, 4.69) is 23.3 Å². The molecule has 136 valence electrons. The van der Waals surface area contributed by atoms with Gasteiger partial charge < -0.3 is 20.1 Å². The summed E-state index contributed by atoms with van der Waals surface area (Å²) in [4.78, 5) is 23.2. The lowest BCUT2D eigenvalue weighted by molar-refractivity contribution is 0.0505. The minimum absolute atomic E-state index is 0.0466. The molecule has 0 spiro atoms. The molecule has 1 atom stereocenters. The average molecular weight is 349 g/mol. The molecule has 0 saturated carbocycles. The second-order valence-electron chi connectivity index (χ2n) is 7.45. The maximum Gasteiger partial charge on any atom is 0.407 e. The quantitative estimate of drug-likeness (QED) is 0.486. The molecule has 0 saturated heterocycles. The third-order valence-electron chi connectivity index (χ3n) is 2.59. The molecule has 0 aromatic rings. The van der Waals surface area contributed by atoms with Crippen molar-refractivity contribution in [2.75, 3.05) is 12.3 Å². The summed E-state index contributed by atoms with van der Waals surface area (Å²) in [6, 6.07) is -0.0466. The van der Waals surface area contributed by atoms with E-state index >= 15 is 0 Å². The molecule has 0 bridgehead atoms. The predicted molar refractivity (Wildman–Crippen MR) is 95.1 cm³/mol. The summed E-state index contributed by atoms with van der Waals surface area (Å²) in [5, 5.41) is 5.51. The summed E-state index contributed by atoms with van der Waals surface area (Å²) in [6.07, 6.45) is 1.60. The molecule has 0 aromatic carbocycles. The zero-order valence-corrected chi connectivity index (χ0v) is 16.1. The maximum atomic E-state index is 11.7. The average Bonchev–Trinajstić information content (AvgIpc) is 2.32. The molecule has 0 rings (SSSR count). The molecular weight excluding hydrogens is 316 g/mol. The van der Waals surface area contributed by atoms with Gasteiger partial charge in [-0.1, -0.05) is 0 Å². The Bertz CT molecular complexity index is 375. The van der Waals surface area contributed by atoms with Gasteiger partial charge in [0.2, 0.25) is 0 Å². The van der Waals surface area contributed by atoms with Crippen LogP contribution in [0.2, 0.25) is 0 Å². The van der Waals surface area contributed by atoms with Crippen molar-refractivity contribution in [1.82, 2.24) is 10.6 Å². The topological polar surface area (TPSA) is 76.7 Å². The maximum absolute atomic E-state index is 11.7. The van der Waals surface area contributed by atoms with Crippen molar-refractivity contribution in [3.05, 3.63) is 0 Å². The Labute approximate surface area is 145 Å². The number of carbonyl (C=O) groups excluding carboxylic acids is 2. The van der Waals surface area contributed by atoms with E-state index in [1.807, 2.05) is 41.5 Å². The first-order chi connectivity index (χ1) is 10.4. The predicted octanol–water partition coefficient (Wildman–Crippen LogP) is 3.50. The van der Waals surface area contributed by atoms with E-state index in [1.165, 1.54) is 0 Å². The summed E-state index contributed by atoms with van der Waals surface area (Å²) in [5.41, 5.74) is -0.999. The second kappa shape index (κ2) is 9.90. The van der Waals surface area contributed by atoms with E-state index in [0.717, 1.165) is 19.3 Å². The van der Waals surface area contributed by atoms with Crippen LogP contribution in [0.3, 0.4) is 0 Å². The number of ether oxygens (including phenoxy) is 2. The van der Waals surface area contributed by atoms with Gasteiger partial charge in [0, 0.05) is 18.3 Å². The van der Waals surface area contributed by atoms with Gasteiger partial charge >= 0.3 is 12.2 Å². The van der Waals surface area contributed by atoms with E-state index in [9.17, 15) is 9.59 Å². The van der Waals surface area contributed by atoms with Gasteiger partial charge in [-0.15, -0.1) is 0 Å². The fourth-order valence-corrected chi connectivity index (χ4v) is 1.98. The molecule has 0 unspecified atom stereocenters. The van der Waals surface area contributed by atoms with E-state index in [4.69, 9.17) is 9.47 Å². The number of hydrogen-bond donors (Lipinski definition) is 3. The Morgan fingerprint density at radius 2 is 1.48 bits per heavy atom. The highest BCUT2D eigenvalue weighted by molar-refractivity contribution is 7.80.